The first-order valence-corrected chi connectivity index (χ1v) is 10.8. The number of hydrogen-bond acceptors (Lipinski definition) is 8. The van der Waals surface area contributed by atoms with Crippen molar-refractivity contribution in [2.45, 2.75) is 39.7 Å². The highest BCUT2D eigenvalue weighted by Crippen LogP contribution is 2.42. The number of rotatable bonds is 10. The van der Waals surface area contributed by atoms with Crippen molar-refractivity contribution < 1.29 is 38.6 Å². The second-order valence-electron chi connectivity index (χ2n) is 8.23. The Morgan fingerprint density at radius 1 is 1.28 bits per heavy atom. The highest BCUT2D eigenvalue weighted by molar-refractivity contribution is 5.98. The van der Waals surface area contributed by atoms with Crippen LogP contribution in [-0.4, -0.2) is 62.3 Å². The first-order chi connectivity index (χ1) is 15.3. The van der Waals surface area contributed by atoms with Crippen molar-refractivity contribution in [3.8, 4) is 11.5 Å². The lowest BCUT2D eigenvalue weighted by Gasteiger charge is -2.45. The maximum Gasteiger partial charge on any atom is 0.342 e. The SMILES string of the molecule is COc1c(C)c2c(c(O)c1C/C=C(\C)CC[C]([O-])OCC[N+]1([O-])CCOCC1)C(=O)OC2. The molecular formula is C23H31NO8-. The van der Waals surface area contributed by atoms with Gasteiger partial charge in [-0.15, -0.1) is 0 Å². The van der Waals surface area contributed by atoms with Crippen molar-refractivity contribution in [2.75, 3.05) is 46.6 Å². The number of ether oxygens (including phenoxy) is 4. The van der Waals surface area contributed by atoms with E-state index < -0.39 is 5.97 Å². The molecule has 9 nitrogen and oxygen atoms in total. The lowest BCUT2D eigenvalue weighted by atomic mass is 9.94. The topological polar surface area (TPSA) is 120 Å². The molecule has 9 heteroatoms. The molecule has 0 saturated carbocycles. The number of carbonyl (C=O) groups excluding carboxylic acids is 1. The van der Waals surface area contributed by atoms with E-state index in [-0.39, 0.29) is 48.4 Å². The number of fused-ring (bicyclic) bond motifs is 1. The Morgan fingerprint density at radius 3 is 2.69 bits per heavy atom. The molecule has 1 saturated heterocycles. The Labute approximate surface area is 188 Å². The second-order valence-corrected chi connectivity index (χ2v) is 8.23. The summed E-state index contributed by atoms with van der Waals surface area (Å²) in [5, 5.41) is 35.1. The van der Waals surface area contributed by atoms with Crippen molar-refractivity contribution in [2.24, 2.45) is 0 Å². The number of cyclic esters (lactones) is 1. The van der Waals surface area contributed by atoms with Crippen molar-refractivity contribution in [1.29, 1.82) is 0 Å². The van der Waals surface area contributed by atoms with Crippen molar-refractivity contribution in [3.63, 3.8) is 0 Å². The standard InChI is InChI=1S/C23H31NO8/c1-15(5-7-19(25)31-13-10-24(28)8-11-30-12-9-24)4-6-17-21(26)20-18(14-32-23(20)27)16(2)22(17)29-3/h4,26H,5-14H2,1-3H3/q-1/b15-4+. The molecule has 2 aliphatic heterocycles. The fourth-order valence-corrected chi connectivity index (χ4v) is 4.00. The molecule has 3 rings (SSSR count). The van der Waals surface area contributed by atoms with E-state index in [9.17, 15) is 20.2 Å². The van der Waals surface area contributed by atoms with E-state index in [2.05, 4.69) is 0 Å². The van der Waals surface area contributed by atoms with E-state index >= 15 is 0 Å². The predicted octanol–water partition coefficient (Wildman–Crippen LogP) is 1.86. The third-order valence-corrected chi connectivity index (χ3v) is 6.07. The fraction of sp³-hybridized carbons (Fsp3) is 0.565. The zero-order valence-corrected chi connectivity index (χ0v) is 18.9. The van der Waals surface area contributed by atoms with Gasteiger partial charge in [-0.25, -0.2) is 4.79 Å². The summed E-state index contributed by atoms with van der Waals surface area (Å²) in [4.78, 5) is 12.0. The fourth-order valence-electron chi connectivity index (χ4n) is 4.00. The predicted molar refractivity (Wildman–Crippen MR) is 113 cm³/mol. The van der Waals surface area contributed by atoms with Crippen molar-refractivity contribution in [3.05, 3.63) is 45.4 Å². The quantitative estimate of drug-likeness (QED) is 0.249. The first-order valence-electron chi connectivity index (χ1n) is 10.8. The number of benzene rings is 1. The molecule has 0 atom stereocenters. The van der Waals surface area contributed by atoms with Gasteiger partial charge in [0.05, 0.1) is 26.9 Å². The van der Waals surface area contributed by atoms with Gasteiger partial charge in [-0.1, -0.05) is 11.6 Å². The summed E-state index contributed by atoms with van der Waals surface area (Å²) in [6, 6.07) is 0. The number of aromatic hydroxyl groups is 1. The Bertz CT molecular complexity index is 860. The van der Waals surface area contributed by atoms with Crippen LogP contribution in [0.1, 0.15) is 46.8 Å². The lowest BCUT2D eigenvalue weighted by Crippen LogP contribution is -2.52. The minimum atomic E-state index is -0.535. The molecule has 0 aromatic heterocycles. The van der Waals surface area contributed by atoms with Gasteiger partial charge in [0.25, 0.3) is 0 Å². The Morgan fingerprint density at radius 2 is 2.00 bits per heavy atom. The largest absolute Gasteiger partial charge is 0.827 e. The number of esters is 1. The van der Waals surface area contributed by atoms with Gasteiger partial charge < -0.3 is 39.0 Å². The van der Waals surface area contributed by atoms with Crippen LogP contribution in [0.4, 0.5) is 0 Å². The zero-order valence-electron chi connectivity index (χ0n) is 18.9. The smallest absolute Gasteiger partial charge is 0.342 e. The van der Waals surface area contributed by atoms with Gasteiger partial charge in [0.1, 0.15) is 43.3 Å². The van der Waals surface area contributed by atoms with Crippen LogP contribution < -0.4 is 9.84 Å². The number of phenolic OH excluding ortho intramolecular Hbond substituents is 1. The molecule has 1 aromatic rings. The number of allylic oxidation sites excluding steroid dienone is 2. The third kappa shape index (κ3) is 5.60. The number of morpholine rings is 1. The minimum Gasteiger partial charge on any atom is -0.827 e. The maximum absolute atomic E-state index is 12.4. The van der Waals surface area contributed by atoms with Crippen molar-refractivity contribution in [1.82, 2.24) is 0 Å². The summed E-state index contributed by atoms with van der Waals surface area (Å²) in [5.41, 5.74) is 3.07. The number of hydroxylamine groups is 3. The molecule has 0 amide bonds. The number of nitrogens with zero attached hydrogens (tertiary/aromatic N) is 1. The first kappa shape index (κ1) is 24.5. The molecule has 1 aromatic carbocycles. The third-order valence-electron chi connectivity index (χ3n) is 6.07. The van der Waals surface area contributed by atoms with E-state index in [1.807, 2.05) is 19.9 Å². The molecular weight excluding hydrogens is 418 g/mol. The van der Waals surface area contributed by atoms with Gasteiger partial charge in [0.2, 0.25) is 0 Å². The summed E-state index contributed by atoms with van der Waals surface area (Å²) in [6.45, 7) is 5.83. The average Bonchev–Trinajstić information content (AvgIpc) is 3.16. The normalized spacial score (nSPS) is 18.1. The van der Waals surface area contributed by atoms with Crippen LogP contribution in [0.5, 0.6) is 11.5 Å². The lowest BCUT2D eigenvalue weighted by molar-refractivity contribution is -0.889. The second kappa shape index (κ2) is 10.6. The van der Waals surface area contributed by atoms with E-state index in [1.54, 1.807) is 0 Å². The van der Waals surface area contributed by atoms with Gasteiger partial charge >= 0.3 is 5.97 Å². The van der Waals surface area contributed by atoms with Crippen LogP contribution in [0.25, 0.3) is 0 Å². The number of quaternary nitrogens is 1. The molecule has 1 radical (unpaired) electrons. The summed E-state index contributed by atoms with van der Waals surface area (Å²) in [5.74, 6) is -0.126. The maximum atomic E-state index is 12.4. The number of methoxy groups -OCH3 is 1. The van der Waals surface area contributed by atoms with Crippen LogP contribution >= 0.6 is 0 Å². The zero-order chi connectivity index (χ0) is 23.3. The van der Waals surface area contributed by atoms with Crippen LogP contribution in [-0.2, 0) is 27.2 Å². The monoisotopic (exact) mass is 449 g/mol. The highest BCUT2D eigenvalue weighted by atomic mass is 16.6. The average molecular weight is 450 g/mol. The molecule has 2 aliphatic rings. The Hall–Kier alpha value is -2.17. The molecule has 0 unspecified atom stereocenters. The molecule has 2 heterocycles. The van der Waals surface area contributed by atoms with E-state index in [0.29, 0.717) is 56.0 Å². The minimum absolute atomic E-state index is 0.0979. The number of carbonyl (C=O) groups is 1. The van der Waals surface area contributed by atoms with Crippen LogP contribution in [0, 0.1) is 18.4 Å². The van der Waals surface area contributed by atoms with Crippen LogP contribution in [0.2, 0.25) is 0 Å². The molecule has 177 valence electrons. The number of hydrogen-bond donors (Lipinski definition) is 1. The van der Waals surface area contributed by atoms with E-state index in [0.717, 1.165) is 11.1 Å². The van der Waals surface area contributed by atoms with Gasteiger partial charge in [-0.2, -0.15) is 0 Å². The molecule has 1 fully saturated rings. The molecule has 0 bridgehead atoms. The summed E-state index contributed by atoms with van der Waals surface area (Å²) in [7, 11) is 1.52. The van der Waals surface area contributed by atoms with Crippen molar-refractivity contribution >= 4 is 5.97 Å². The molecule has 1 N–H and O–H groups in total. The van der Waals surface area contributed by atoms with Gasteiger partial charge in [0.15, 0.2) is 0 Å². The van der Waals surface area contributed by atoms with Crippen LogP contribution in [0.15, 0.2) is 11.6 Å². The van der Waals surface area contributed by atoms with E-state index in [1.165, 1.54) is 7.11 Å². The summed E-state index contributed by atoms with van der Waals surface area (Å²) in [6.07, 6.45) is 2.56. The summed E-state index contributed by atoms with van der Waals surface area (Å²) >= 11 is 0. The highest BCUT2D eigenvalue weighted by Gasteiger charge is 2.31. The Kier molecular flexibility index (Phi) is 8.13. The van der Waals surface area contributed by atoms with Gasteiger partial charge in [-0.05, 0) is 38.7 Å². The van der Waals surface area contributed by atoms with Gasteiger partial charge in [0, 0.05) is 17.4 Å². The van der Waals surface area contributed by atoms with Gasteiger partial charge in [-0.3, -0.25) is 0 Å². The summed E-state index contributed by atoms with van der Waals surface area (Å²) < 4.78 is 20.6. The molecule has 0 spiro atoms. The Balaban J connectivity index is 1.53. The molecule has 0 aliphatic carbocycles. The van der Waals surface area contributed by atoms with Crippen LogP contribution in [0.3, 0.4) is 0 Å². The number of phenols is 1. The van der Waals surface area contributed by atoms with E-state index in [4.69, 9.17) is 18.9 Å². The molecule has 32 heavy (non-hydrogen) atoms.